The Bertz CT molecular complexity index is 1160. The maximum absolute atomic E-state index is 12.5. The zero-order valence-electron chi connectivity index (χ0n) is 14.1. The van der Waals surface area contributed by atoms with Gasteiger partial charge in [-0.25, -0.2) is 9.67 Å². The highest BCUT2D eigenvalue weighted by molar-refractivity contribution is 5.97. The van der Waals surface area contributed by atoms with Gasteiger partial charge in [0.2, 0.25) is 0 Å². The molecule has 7 nitrogen and oxygen atoms in total. The molecule has 0 aliphatic carbocycles. The van der Waals surface area contributed by atoms with Crippen molar-refractivity contribution in [2.24, 2.45) is 0 Å². The Morgan fingerprint density at radius 1 is 1.27 bits per heavy atom. The lowest BCUT2D eigenvalue weighted by Crippen LogP contribution is -2.39. The highest BCUT2D eigenvalue weighted by Crippen LogP contribution is 2.12. The summed E-state index contributed by atoms with van der Waals surface area (Å²) in [6, 6.07) is 12.3. The van der Waals surface area contributed by atoms with E-state index in [9.17, 15) is 9.59 Å². The number of aromatic amines is 1. The van der Waals surface area contributed by atoms with Crippen molar-refractivity contribution in [1.29, 1.82) is 0 Å². The summed E-state index contributed by atoms with van der Waals surface area (Å²) in [6.45, 7) is 2.14. The van der Waals surface area contributed by atoms with E-state index in [1.165, 1.54) is 4.68 Å². The minimum atomic E-state index is -0.258. The number of hydrogen-bond donors (Lipinski definition) is 2. The van der Waals surface area contributed by atoms with Gasteiger partial charge in [0.25, 0.3) is 11.5 Å². The molecule has 0 unspecified atom stereocenters. The average Bonchev–Trinajstić information content (AvgIpc) is 3.12. The molecule has 0 bridgehead atoms. The molecule has 0 saturated heterocycles. The summed E-state index contributed by atoms with van der Waals surface area (Å²) in [5.74, 6) is -0.206. The van der Waals surface area contributed by atoms with Gasteiger partial charge >= 0.3 is 0 Å². The van der Waals surface area contributed by atoms with E-state index in [1.54, 1.807) is 36.8 Å². The first-order valence-corrected chi connectivity index (χ1v) is 8.31. The highest BCUT2D eigenvalue weighted by Gasteiger charge is 2.13. The standard InChI is InChI=1S/C19H17N5O2/c1-12(10-24-19(26)15-5-3-2-4-14(15)9-22-24)23-18(25)13-6-7-16-17(8-13)21-11-20-16/h2-9,11-12H,10H2,1H3,(H,20,21)(H,23,25)/t12-/m1/s1. The number of nitrogens with one attached hydrogen (secondary N) is 2. The second-order valence-corrected chi connectivity index (χ2v) is 6.23. The van der Waals surface area contributed by atoms with Crippen molar-refractivity contribution in [2.45, 2.75) is 19.5 Å². The van der Waals surface area contributed by atoms with Crippen LogP contribution in [0.2, 0.25) is 0 Å². The normalized spacial score (nSPS) is 12.3. The van der Waals surface area contributed by atoms with E-state index in [1.807, 2.05) is 25.1 Å². The Kier molecular flexibility index (Phi) is 3.96. The van der Waals surface area contributed by atoms with Gasteiger partial charge in [0.05, 0.1) is 35.5 Å². The van der Waals surface area contributed by atoms with Crippen LogP contribution >= 0.6 is 0 Å². The van der Waals surface area contributed by atoms with Gasteiger partial charge in [0.1, 0.15) is 0 Å². The number of hydrogen-bond acceptors (Lipinski definition) is 4. The molecule has 2 aromatic carbocycles. The molecule has 4 rings (SSSR count). The maximum Gasteiger partial charge on any atom is 0.274 e. The smallest absolute Gasteiger partial charge is 0.274 e. The van der Waals surface area contributed by atoms with E-state index in [0.29, 0.717) is 17.5 Å². The average molecular weight is 347 g/mol. The fraction of sp³-hybridized carbons (Fsp3) is 0.158. The van der Waals surface area contributed by atoms with Gasteiger partial charge < -0.3 is 10.3 Å². The summed E-state index contributed by atoms with van der Waals surface area (Å²) < 4.78 is 1.38. The van der Waals surface area contributed by atoms with Gasteiger partial charge in [-0.05, 0) is 31.2 Å². The van der Waals surface area contributed by atoms with Crippen LogP contribution in [0, 0.1) is 0 Å². The minimum absolute atomic E-state index is 0.164. The Morgan fingerprint density at radius 3 is 3.00 bits per heavy atom. The zero-order valence-corrected chi connectivity index (χ0v) is 14.1. The zero-order chi connectivity index (χ0) is 18.1. The van der Waals surface area contributed by atoms with E-state index < -0.39 is 0 Å². The molecule has 7 heteroatoms. The van der Waals surface area contributed by atoms with Gasteiger partial charge in [-0.15, -0.1) is 0 Å². The fourth-order valence-corrected chi connectivity index (χ4v) is 2.95. The van der Waals surface area contributed by atoms with Crippen LogP contribution in [0.15, 0.2) is 59.8 Å². The molecule has 2 N–H and O–H groups in total. The highest BCUT2D eigenvalue weighted by atomic mass is 16.2. The number of carbonyl (C=O) groups excluding carboxylic acids is 1. The molecule has 2 heterocycles. The molecular formula is C19H17N5O2. The van der Waals surface area contributed by atoms with Crippen molar-refractivity contribution < 1.29 is 4.79 Å². The summed E-state index contributed by atoms with van der Waals surface area (Å²) in [4.78, 5) is 32.1. The van der Waals surface area contributed by atoms with Gasteiger partial charge in [0, 0.05) is 17.0 Å². The molecule has 0 spiro atoms. The lowest BCUT2D eigenvalue weighted by atomic mass is 10.1. The number of fused-ring (bicyclic) bond motifs is 2. The summed E-state index contributed by atoms with van der Waals surface area (Å²) in [5.41, 5.74) is 1.98. The van der Waals surface area contributed by atoms with Crippen molar-refractivity contribution >= 4 is 27.7 Å². The third-order valence-electron chi connectivity index (χ3n) is 4.27. The lowest BCUT2D eigenvalue weighted by Gasteiger charge is -2.15. The van der Waals surface area contributed by atoms with E-state index in [2.05, 4.69) is 20.4 Å². The van der Waals surface area contributed by atoms with Crippen LogP contribution in [0.4, 0.5) is 0 Å². The molecule has 0 aliphatic heterocycles. The third kappa shape index (κ3) is 2.95. The molecule has 0 fully saturated rings. The summed E-state index contributed by atoms with van der Waals surface area (Å²) in [5, 5.41) is 8.52. The van der Waals surface area contributed by atoms with E-state index >= 15 is 0 Å². The predicted molar refractivity (Wildman–Crippen MR) is 99.0 cm³/mol. The number of H-pyrrole nitrogens is 1. The molecule has 1 amide bonds. The maximum atomic E-state index is 12.5. The largest absolute Gasteiger partial charge is 0.348 e. The Hall–Kier alpha value is -3.48. The van der Waals surface area contributed by atoms with Crippen molar-refractivity contribution in [3.8, 4) is 0 Å². The molecule has 2 aromatic heterocycles. The first-order chi connectivity index (χ1) is 12.6. The van der Waals surface area contributed by atoms with Crippen molar-refractivity contribution in [3.63, 3.8) is 0 Å². The first-order valence-electron chi connectivity index (χ1n) is 8.31. The van der Waals surface area contributed by atoms with Crippen molar-refractivity contribution in [1.82, 2.24) is 25.1 Å². The lowest BCUT2D eigenvalue weighted by molar-refractivity contribution is 0.0936. The molecule has 130 valence electrons. The summed E-state index contributed by atoms with van der Waals surface area (Å²) in [6.07, 6.45) is 3.25. The van der Waals surface area contributed by atoms with Gasteiger partial charge in [-0.2, -0.15) is 5.10 Å². The molecule has 0 aliphatic rings. The van der Waals surface area contributed by atoms with Gasteiger partial charge in [0.15, 0.2) is 0 Å². The van der Waals surface area contributed by atoms with Crippen LogP contribution in [-0.2, 0) is 6.54 Å². The number of amides is 1. The monoisotopic (exact) mass is 347 g/mol. The second-order valence-electron chi connectivity index (χ2n) is 6.23. The van der Waals surface area contributed by atoms with Gasteiger partial charge in [-0.1, -0.05) is 18.2 Å². The number of nitrogens with zero attached hydrogens (tertiary/aromatic N) is 3. The predicted octanol–water partition coefficient (Wildman–Crippen LogP) is 2.09. The molecule has 1 atom stereocenters. The number of rotatable bonds is 4. The number of aromatic nitrogens is 4. The topological polar surface area (TPSA) is 92.7 Å². The van der Waals surface area contributed by atoms with Crippen LogP contribution in [-0.4, -0.2) is 31.7 Å². The van der Waals surface area contributed by atoms with E-state index in [4.69, 9.17) is 0 Å². The minimum Gasteiger partial charge on any atom is -0.348 e. The number of benzene rings is 2. The van der Waals surface area contributed by atoms with Crippen LogP contribution in [0.3, 0.4) is 0 Å². The number of imidazole rings is 1. The SMILES string of the molecule is C[C@H](Cn1ncc2ccccc2c1=O)NC(=O)c1ccc2nc[nH]c2c1. The molecule has 0 radical (unpaired) electrons. The van der Waals surface area contributed by atoms with Crippen LogP contribution in [0.25, 0.3) is 21.8 Å². The van der Waals surface area contributed by atoms with Crippen LogP contribution < -0.4 is 10.9 Å². The van der Waals surface area contributed by atoms with Crippen molar-refractivity contribution in [2.75, 3.05) is 0 Å². The molecular weight excluding hydrogens is 330 g/mol. The molecule has 4 aromatic rings. The number of carbonyl (C=O) groups is 1. The molecule has 26 heavy (non-hydrogen) atoms. The van der Waals surface area contributed by atoms with E-state index in [-0.39, 0.29) is 17.5 Å². The summed E-state index contributed by atoms with van der Waals surface area (Å²) in [7, 11) is 0. The first kappa shape index (κ1) is 16.0. The third-order valence-corrected chi connectivity index (χ3v) is 4.27. The quantitative estimate of drug-likeness (QED) is 0.591. The van der Waals surface area contributed by atoms with Gasteiger partial charge in [-0.3, -0.25) is 9.59 Å². The second kappa shape index (κ2) is 6.44. The summed E-state index contributed by atoms with van der Waals surface area (Å²) >= 11 is 0. The van der Waals surface area contributed by atoms with E-state index in [0.717, 1.165) is 16.4 Å². The Balaban J connectivity index is 1.51. The van der Waals surface area contributed by atoms with Crippen LogP contribution in [0.1, 0.15) is 17.3 Å². The Labute approximate surface area is 148 Å². The Morgan fingerprint density at radius 2 is 2.12 bits per heavy atom. The van der Waals surface area contributed by atoms with Crippen molar-refractivity contribution in [3.05, 3.63) is 70.9 Å². The van der Waals surface area contributed by atoms with Crippen LogP contribution in [0.5, 0.6) is 0 Å². The molecule has 0 saturated carbocycles. The fourth-order valence-electron chi connectivity index (χ4n) is 2.95.